The van der Waals surface area contributed by atoms with Crippen LogP contribution in [0.4, 0.5) is 5.69 Å². The van der Waals surface area contributed by atoms with Gasteiger partial charge in [0.2, 0.25) is 5.75 Å². The summed E-state index contributed by atoms with van der Waals surface area (Å²) in [5.41, 5.74) is 2.71. The second kappa shape index (κ2) is 12.4. The minimum Gasteiger partial charge on any atom is -0.493 e. The molecule has 0 aliphatic rings. The fraction of sp³-hybridized carbons (Fsp3) is 0.107. The van der Waals surface area contributed by atoms with Crippen LogP contribution in [0.15, 0.2) is 60.1 Å². The van der Waals surface area contributed by atoms with E-state index < -0.39 is 0 Å². The Morgan fingerprint density at radius 3 is 2.31 bits per heavy atom. The zero-order chi connectivity index (χ0) is 28.1. The fourth-order valence-electron chi connectivity index (χ4n) is 3.68. The standard InChI is InChI=1S/C28H20Cl3N3O4S/c1-36-24-9-16(10-25(37-2)27(24)38-3)26(35)19-11-18(29)5-7-22(19)33-13-17(12-32)28-34-23(14-39-28)15-4-6-20(30)21(31)8-15/h4-11,13-14,33H,1-3H3. The molecule has 0 saturated carbocycles. The Morgan fingerprint density at radius 1 is 0.974 bits per heavy atom. The summed E-state index contributed by atoms with van der Waals surface area (Å²) in [5.74, 6) is 0.698. The third kappa shape index (κ3) is 6.13. The van der Waals surface area contributed by atoms with Gasteiger partial charge in [-0.15, -0.1) is 11.3 Å². The van der Waals surface area contributed by atoms with Gasteiger partial charge in [0.25, 0.3) is 0 Å². The zero-order valence-corrected chi connectivity index (χ0v) is 23.9. The van der Waals surface area contributed by atoms with E-state index in [1.807, 2.05) is 5.38 Å². The van der Waals surface area contributed by atoms with E-state index in [1.165, 1.54) is 38.9 Å². The van der Waals surface area contributed by atoms with E-state index in [1.54, 1.807) is 48.5 Å². The number of methoxy groups -OCH3 is 3. The van der Waals surface area contributed by atoms with E-state index >= 15 is 0 Å². The SMILES string of the molecule is COc1cc(C(=O)c2cc(Cl)ccc2NC=C(C#N)c2nc(-c3ccc(Cl)c(Cl)c3)cs2)cc(OC)c1OC. The first-order chi connectivity index (χ1) is 18.8. The molecule has 1 aromatic heterocycles. The maximum atomic E-state index is 13.6. The van der Waals surface area contributed by atoms with Crippen LogP contribution in [0.3, 0.4) is 0 Å². The molecule has 4 rings (SSSR count). The average molecular weight is 601 g/mol. The van der Waals surface area contributed by atoms with Gasteiger partial charge in [0.1, 0.15) is 16.6 Å². The van der Waals surface area contributed by atoms with E-state index in [0.717, 1.165) is 5.56 Å². The maximum absolute atomic E-state index is 13.6. The topological polar surface area (TPSA) is 93.5 Å². The van der Waals surface area contributed by atoms with Gasteiger partial charge in [0.15, 0.2) is 17.3 Å². The average Bonchev–Trinajstić information content (AvgIpc) is 3.44. The van der Waals surface area contributed by atoms with Crippen molar-refractivity contribution < 1.29 is 19.0 Å². The molecule has 1 heterocycles. The number of ketones is 1. The summed E-state index contributed by atoms with van der Waals surface area (Å²) in [6.45, 7) is 0. The molecule has 0 saturated heterocycles. The Morgan fingerprint density at radius 2 is 1.69 bits per heavy atom. The molecule has 0 atom stereocenters. The molecule has 0 radical (unpaired) electrons. The Labute approximate surface area is 244 Å². The number of carbonyl (C=O) groups is 1. The molecule has 39 heavy (non-hydrogen) atoms. The van der Waals surface area contributed by atoms with Crippen molar-refractivity contribution >= 4 is 63.2 Å². The molecule has 1 N–H and O–H groups in total. The largest absolute Gasteiger partial charge is 0.493 e. The van der Waals surface area contributed by atoms with Gasteiger partial charge in [-0.1, -0.05) is 40.9 Å². The lowest BCUT2D eigenvalue weighted by Gasteiger charge is -2.15. The number of anilines is 1. The highest BCUT2D eigenvalue weighted by molar-refractivity contribution is 7.11. The highest BCUT2D eigenvalue weighted by atomic mass is 35.5. The molecule has 0 bridgehead atoms. The predicted octanol–water partition coefficient (Wildman–Crippen LogP) is 8.00. The summed E-state index contributed by atoms with van der Waals surface area (Å²) in [6.07, 6.45) is 1.49. The monoisotopic (exact) mass is 599 g/mol. The first kappa shape index (κ1) is 28.3. The number of nitrogens with one attached hydrogen (secondary N) is 1. The summed E-state index contributed by atoms with van der Waals surface area (Å²) >= 11 is 19.7. The highest BCUT2D eigenvalue weighted by Gasteiger charge is 2.20. The molecular weight excluding hydrogens is 581 g/mol. The second-order valence-electron chi connectivity index (χ2n) is 7.91. The molecule has 11 heteroatoms. The van der Waals surface area contributed by atoms with Crippen molar-refractivity contribution in [1.82, 2.24) is 4.98 Å². The van der Waals surface area contributed by atoms with Crippen LogP contribution in [0, 0.1) is 11.3 Å². The number of nitrogens with zero attached hydrogens (tertiary/aromatic N) is 2. The van der Waals surface area contributed by atoms with Crippen molar-refractivity contribution in [3.05, 3.63) is 91.3 Å². The Hall–Kier alpha value is -3.74. The summed E-state index contributed by atoms with van der Waals surface area (Å²) < 4.78 is 16.1. The lowest BCUT2D eigenvalue weighted by Crippen LogP contribution is -2.07. The van der Waals surface area contributed by atoms with Crippen molar-refractivity contribution in [3.63, 3.8) is 0 Å². The van der Waals surface area contributed by atoms with Gasteiger partial charge < -0.3 is 19.5 Å². The van der Waals surface area contributed by atoms with Crippen molar-refractivity contribution in [1.29, 1.82) is 5.26 Å². The van der Waals surface area contributed by atoms with Gasteiger partial charge in [-0.25, -0.2) is 4.98 Å². The smallest absolute Gasteiger partial charge is 0.203 e. The Kier molecular flexibility index (Phi) is 9.00. The number of rotatable bonds is 9. The van der Waals surface area contributed by atoms with E-state index in [-0.39, 0.29) is 16.9 Å². The number of carbonyl (C=O) groups excluding carboxylic acids is 1. The number of allylic oxidation sites excluding steroid dienone is 1. The molecule has 0 amide bonds. The zero-order valence-electron chi connectivity index (χ0n) is 20.8. The van der Waals surface area contributed by atoms with Gasteiger partial charge in [-0.3, -0.25) is 4.79 Å². The molecular formula is C28H20Cl3N3O4S. The third-order valence-corrected chi connectivity index (χ3v) is 7.45. The van der Waals surface area contributed by atoms with Crippen molar-refractivity contribution in [2.24, 2.45) is 0 Å². The van der Waals surface area contributed by atoms with Gasteiger partial charge in [-0.2, -0.15) is 5.26 Å². The number of aromatic nitrogens is 1. The number of ether oxygens (including phenoxy) is 3. The number of halogens is 3. The van der Waals surface area contributed by atoms with Gasteiger partial charge in [-0.05, 0) is 42.5 Å². The molecule has 198 valence electrons. The first-order valence-electron chi connectivity index (χ1n) is 11.2. The van der Waals surface area contributed by atoms with Gasteiger partial charge in [0.05, 0.1) is 37.1 Å². The molecule has 0 fully saturated rings. The minimum absolute atomic E-state index is 0.271. The van der Waals surface area contributed by atoms with Crippen LogP contribution in [0.1, 0.15) is 20.9 Å². The quantitative estimate of drug-likeness (QED) is 0.154. The molecule has 0 aliphatic heterocycles. The van der Waals surface area contributed by atoms with Crippen LogP contribution < -0.4 is 19.5 Å². The molecule has 3 aromatic carbocycles. The highest BCUT2D eigenvalue weighted by Crippen LogP contribution is 2.39. The number of nitriles is 1. The number of hydrogen-bond donors (Lipinski definition) is 1. The van der Waals surface area contributed by atoms with Crippen LogP contribution in [0.2, 0.25) is 15.1 Å². The normalized spacial score (nSPS) is 11.1. The van der Waals surface area contributed by atoms with Gasteiger partial charge in [0, 0.05) is 39.0 Å². The molecule has 0 spiro atoms. The summed E-state index contributed by atoms with van der Waals surface area (Å²) in [5, 5.41) is 16.4. The molecule has 4 aromatic rings. The second-order valence-corrected chi connectivity index (χ2v) is 10.0. The predicted molar refractivity (Wildman–Crippen MR) is 156 cm³/mol. The Balaban J connectivity index is 1.66. The number of benzene rings is 3. The van der Waals surface area contributed by atoms with Crippen molar-refractivity contribution in [2.75, 3.05) is 26.6 Å². The summed E-state index contributed by atoms with van der Waals surface area (Å²) in [6, 6.07) is 15.3. The van der Waals surface area contributed by atoms with Crippen LogP contribution in [0.25, 0.3) is 16.8 Å². The van der Waals surface area contributed by atoms with Crippen LogP contribution in [0.5, 0.6) is 17.2 Å². The maximum Gasteiger partial charge on any atom is 0.203 e. The molecule has 0 aliphatic carbocycles. The lowest BCUT2D eigenvalue weighted by atomic mass is 10.0. The van der Waals surface area contributed by atoms with Crippen LogP contribution in [-0.2, 0) is 0 Å². The fourth-order valence-corrected chi connectivity index (χ4v) is 4.94. The number of thiazole rings is 1. The van der Waals surface area contributed by atoms with Gasteiger partial charge >= 0.3 is 0 Å². The molecule has 7 nitrogen and oxygen atoms in total. The van der Waals surface area contributed by atoms with E-state index in [0.29, 0.717) is 54.3 Å². The third-order valence-electron chi connectivity index (χ3n) is 5.60. The minimum atomic E-state index is -0.345. The number of hydrogen-bond acceptors (Lipinski definition) is 8. The van der Waals surface area contributed by atoms with E-state index in [9.17, 15) is 10.1 Å². The molecule has 0 unspecified atom stereocenters. The van der Waals surface area contributed by atoms with Crippen molar-refractivity contribution in [3.8, 4) is 34.6 Å². The van der Waals surface area contributed by atoms with Crippen molar-refractivity contribution in [2.45, 2.75) is 0 Å². The summed E-state index contributed by atoms with van der Waals surface area (Å²) in [4.78, 5) is 18.2. The van der Waals surface area contributed by atoms with Crippen LogP contribution in [-0.4, -0.2) is 32.1 Å². The van der Waals surface area contributed by atoms with E-state index in [4.69, 9.17) is 49.0 Å². The summed E-state index contributed by atoms with van der Waals surface area (Å²) in [7, 11) is 4.42. The van der Waals surface area contributed by atoms with Crippen LogP contribution >= 0.6 is 46.1 Å². The first-order valence-corrected chi connectivity index (χ1v) is 13.2. The van der Waals surface area contributed by atoms with E-state index in [2.05, 4.69) is 16.4 Å². The lowest BCUT2D eigenvalue weighted by molar-refractivity contribution is 0.103. The Bertz CT molecular complexity index is 1600.